The van der Waals surface area contributed by atoms with Crippen LogP contribution in [-0.2, 0) is 0 Å². The van der Waals surface area contributed by atoms with Gasteiger partial charge in [0.25, 0.3) is 5.91 Å². The lowest BCUT2D eigenvalue weighted by Gasteiger charge is -2.05. The van der Waals surface area contributed by atoms with Gasteiger partial charge in [0.1, 0.15) is 5.52 Å². The average molecular weight is 484 g/mol. The Balaban J connectivity index is 1.41. The predicted molar refractivity (Wildman–Crippen MR) is 113 cm³/mol. The molecule has 0 bridgehead atoms. The minimum Gasteiger partial charge on any atom is -0.454 e. The van der Waals surface area contributed by atoms with Crippen LogP contribution >= 0.6 is 22.6 Å². The first-order chi connectivity index (χ1) is 13.7. The van der Waals surface area contributed by atoms with Gasteiger partial charge in [-0.25, -0.2) is 4.98 Å². The summed E-state index contributed by atoms with van der Waals surface area (Å²) in [6.07, 6.45) is 0. The molecule has 1 aliphatic rings. The number of carbonyl (C=O) groups is 1. The molecule has 1 amide bonds. The number of benzene rings is 3. The molecule has 0 radical (unpaired) electrons. The molecule has 0 atom stereocenters. The average Bonchev–Trinajstić information content (AvgIpc) is 3.33. The van der Waals surface area contributed by atoms with Gasteiger partial charge in [0.2, 0.25) is 12.7 Å². The number of halogens is 1. The molecule has 0 saturated carbocycles. The van der Waals surface area contributed by atoms with Crippen LogP contribution in [0, 0.1) is 3.57 Å². The lowest BCUT2D eigenvalue weighted by molar-refractivity contribution is 0.102. The highest BCUT2D eigenvalue weighted by atomic mass is 127. The van der Waals surface area contributed by atoms with Crippen molar-refractivity contribution in [2.24, 2.45) is 0 Å². The molecule has 6 nitrogen and oxygen atoms in total. The highest BCUT2D eigenvalue weighted by Gasteiger charge is 2.17. The Morgan fingerprint density at radius 3 is 2.79 bits per heavy atom. The van der Waals surface area contributed by atoms with E-state index in [2.05, 4.69) is 32.9 Å². The summed E-state index contributed by atoms with van der Waals surface area (Å²) in [6, 6.07) is 18.4. The first-order valence-corrected chi connectivity index (χ1v) is 9.61. The number of rotatable bonds is 3. The summed E-state index contributed by atoms with van der Waals surface area (Å²) < 4.78 is 17.5. The van der Waals surface area contributed by atoms with Gasteiger partial charge in [-0.05, 0) is 77.2 Å². The standard InChI is InChI=1S/C21H13IN2O4/c22-14-3-1-2-13(8-14)21-24-16-10-15(5-7-17(16)28-21)23-20(25)12-4-6-18-19(9-12)27-11-26-18/h1-10H,11H2,(H,23,25). The van der Waals surface area contributed by atoms with Gasteiger partial charge in [-0.15, -0.1) is 0 Å². The Kier molecular flexibility index (Phi) is 4.16. The van der Waals surface area contributed by atoms with Gasteiger partial charge in [-0.1, -0.05) is 6.07 Å². The predicted octanol–water partition coefficient (Wildman–Crippen LogP) is 5.08. The molecule has 28 heavy (non-hydrogen) atoms. The maximum Gasteiger partial charge on any atom is 0.255 e. The lowest BCUT2D eigenvalue weighted by atomic mass is 10.2. The van der Waals surface area contributed by atoms with Crippen molar-refractivity contribution in [3.05, 3.63) is 69.8 Å². The molecule has 138 valence electrons. The van der Waals surface area contributed by atoms with E-state index in [0.29, 0.717) is 39.7 Å². The maximum absolute atomic E-state index is 12.6. The molecule has 0 fully saturated rings. The van der Waals surface area contributed by atoms with Crippen molar-refractivity contribution in [1.29, 1.82) is 0 Å². The minimum absolute atomic E-state index is 0.173. The Labute approximate surface area is 173 Å². The lowest BCUT2D eigenvalue weighted by Crippen LogP contribution is -2.11. The molecule has 4 aromatic rings. The third-order valence-electron chi connectivity index (χ3n) is 4.35. The van der Waals surface area contributed by atoms with Crippen LogP contribution in [0.25, 0.3) is 22.6 Å². The fourth-order valence-corrected chi connectivity index (χ4v) is 3.53. The molecule has 1 N–H and O–H groups in total. The number of hydrogen-bond donors (Lipinski definition) is 1. The first kappa shape index (κ1) is 17.1. The van der Waals surface area contributed by atoms with Crippen molar-refractivity contribution >= 4 is 45.3 Å². The normalized spacial score (nSPS) is 12.3. The number of nitrogens with zero attached hydrogens (tertiary/aromatic N) is 1. The van der Waals surface area contributed by atoms with Crippen LogP contribution in [0.2, 0.25) is 0 Å². The van der Waals surface area contributed by atoms with Gasteiger partial charge in [-0.3, -0.25) is 4.79 Å². The molecule has 0 spiro atoms. The van der Waals surface area contributed by atoms with Crippen molar-refractivity contribution in [2.45, 2.75) is 0 Å². The molecular formula is C21H13IN2O4. The van der Waals surface area contributed by atoms with Crippen molar-refractivity contribution in [2.75, 3.05) is 12.1 Å². The van der Waals surface area contributed by atoms with E-state index >= 15 is 0 Å². The number of aromatic nitrogens is 1. The van der Waals surface area contributed by atoms with Crippen LogP contribution < -0.4 is 14.8 Å². The first-order valence-electron chi connectivity index (χ1n) is 8.53. The van der Waals surface area contributed by atoms with Gasteiger partial charge < -0.3 is 19.2 Å². The van der Waals surface area contributed by atoms with Crippen molar-refractivity contribution in [3.63, 3.8) is 0 Å². The summed E-state index contributed by atoms with van der Waals surface area (Å²) in [5.41, 5.74) is 3.38. The van der Waals surface area contributed by atoms with Crippen molar-refractivity contribution < 1.29 is 18.7 Å². The zero-order chi connectivity index (χ0) is 19.1. The summed E-state index contributed by atoms with van der Waals surface area (Å²) in [6.45, 7) is 0.173. The van der Waals surface area contributed by atoms with E-state index in [9.17, 15) is 4.79 Å². The molecule has 3 aromatic carbocycles. The zero-order valence-corrected chi connectivity index (χ0v) is 16.6. The number of anilines is 1. The second-order valence-electron chi connectivity index (χ2n) is 6.23. The fraction of sp³-hybridized carbons (Fsp3) is 0.0476. The highest BCUT2D eigenvalue weighted by molar-refractivity contribution is 14.1. The number of ether oxygens (including phenoxy) is 2. The summed E-state index contributed by atoms with van der Waals surface area (Å²) in [5.74, 6) is 1.53. The van der Waals surface area contributed by atoms with E-state index in [1.807, 2.05) is 24.3 Å². The van der Waals surface area contributed by atoms with Crippen LogP contribution in [0.15, 0.2) is 65.1 Å². The third-order valence-corrected chi connectivity index (χ3v) is 5.02. The zero-order valence-electron chi connectivity index (χ0n) is 14.4. The molecule has 5 rings (SSSR count). The monoisotopic (exact) mass is 484 g/mol. The van der Waals surface area contributed by atoms with E-state index in [-0.39, 0.29) is 12.7 Å². The van der Waals surface area contributed by atoms with Crippen LogP contribution in [0.4, 0.5) is 5.69 Å². The fourth-order valence-electron chi connectivity index (χ4n) is 2.99. The van der Waals surface area contributed by atoms with E-state index < -0.39 is 0 Å². The summed E-state index contributed by atoms with van der Waals surface area (Å²) in [7, 11) is 0. The van der Waals surface area contributed by atoms with Gasteiger partial charge in [0.05, 0.1) is 0 Å². The molecule has 0 unspecified atom stereocenters. The Morgan fingerprint density at radius 2 is 1.89 bits per heavy atom. The van der Waals surface area contributed by atoms with Crippen molar-refractivity contribution in [1.82, 2.24) is 4.98 Å². The molecule has 0 saturated heterocycles. The van der Waals surface area contributed by atoms with Crippen molar-refractivity contribution in [3.8, 4) is 23.0 Å². The number of fused-ring (bicyclic) bond motifs is 2. The van der Waals surface area contributed by atoms with Crippen LogP contribution in [0.5, 0.6) is 11.5 Å². The largest absolute Gasteiger partial charge is 0.454 e. The number of hydrogen-bond acceptors (Lipinski definition) is 5. The second kappa shape index (κ2) is 6.83. The third kappa shape index (κ3) is 3.18. The molecule has 1 aromatic heterocycles. The molecule has 7 heteroatoms. The molecule has 0 aliphatic carbocycles. The van der Waals surface area contributed by atoms with E-state index in [1.165, 1.54) is 0 Å². The number of amides is 1. The van der Waals surface area contributed by atoms with Crippen LogP contribution in [0.3, 0.4) is 0 Å². The van der Waals surface area contributed by atoms with Gasteiger partial charge in [0.15, 0.2) is 17.1 Å². The molecule has 2 heterocycles. The second-order valence-corrected chi connectivity index (χ2v) is 7.48. The Hall–Kier alpha value is -3.07. The molecular weight excluding hydrogens is 471 g/mol. The number of oxazole rings is 1. The summed E-state index contributed by atoms with van der Waals surface area (Å²) in [4.78, 5) is 17.1. The SMILES string of the molecule is O=C(Nc1ccc2oc(-c3cccc(I)c3)nc2c1)c1ccc2c(c1)OCO2. The van der Waals surface area contributed by atoms with Crippen LogP contribution in [0.1, 0.15) is 10.4 Å². The summed E-state index contributed by atoms with van der Waals surface area (Å²) in [5, 5.41) is 2.88. The summed E-state index contributed by atoms with van der Waals surface area (Å²) >= 11 is 2.25. The maximum atomic E-state index is 12.6. The van der Waals surface area contributed by atoms with E-state index in [1.54, 1.807) is 36.4 Å². The van der Waals surface area contributed by atoms with Gasteiger partial charge in [-0.2, -0.15) is 0 Å². The van der Waals surface area contributed by atoms with Gasteiger partial charge >= 0.3 is 0 Å². The number of carbonyl (C=O) groups excluding carboxylic acids is 1. The Bertz CT molecular complexity index is 1220. The highest BCUT2D eigenvalue weighted by Crippen LogP contribution is 2.33. The van der Waals surface area contributed by atoms with Crippen LogP contribution in [-0.4, -0.2) is 17.7 Å². The minimum atomic E-state index is -0.237. The quantitative estimate of drug-likeness (QED) is 0.411. The van der Waals surface area contributed by atoms with Gasteiger partial charge in [0, 0.05) is 20.4 Å². The van der Waals surface area contributed by atoms with E-state index in [0.717, 1.165) is 9.13 Å². The van der Waals surface area contributed by atoms with E-state index in [4.69, 9.17) is 13.9 Å². The molecule has 1 aliphatic heterocycles. The smallest absolute Gasteiger partial charge is 0.255 e. The number of nitrogens with one attached hydrogen (secondary N) is 1. The Morgan fingerprint density at radius 1 is 1.00 bits per heavy atom. The topological polar surface area (TPSA) is 73.6 Å².